The molecule has 3 rings (SSSR count). The van der Waals surface area contributed by atoms with E-state index in [2.05, 4.69) is 5.32 Å². The molecule has 0 aliphatic carbocycles. The average molecular weight is 429 g/mol. The lowest BCUT2D eigenvalue weighted by molar-refractivity contribution is -0.383. The Morgan fingerprint density at radius 1 is 1.07 bits per heavy atom. The standard InChI is InChI=1S/C21H17ClN2O6/c1-29-15-6-2-13(3-7-15)12-30-16-8-4-14(5-9-16)23-20-18(24(27)28)11-10-17(22)19(20)21(25)26/h2-11,23H,12H2,1H3,(H,25,26). The van der Waals surface area contributed by atoms with Gasteiger partial charge in [0.25, 0.3) is 5.69 Å². The van der Waals surface area contributed by atoms with E-state index in [-0.39, 0.29) is 16.3 Å². The van der Waals surface area contributed by atoms with E-state index in [9.17, 15) is 20.0 Å². The smallest absolute Gasteiger partial charge is 0.339 e. The second-order valence-electron chi connectivity index (χ2n) is 6.16. The number of rotatable bonds is 8. The van der Waals surface area contributed by atoms with Crippen molar-refractivity contribution in [3.8, 4) is 11.5 Å². The van der Waals surface area contributed by atoms with Gasteiger partial charge in [0, 0.05) is 11.8 Å². The molecule has 154 valence electrons. The Morgan fingerprint density at radius 3 is 2.27 bits per heavy atom. The summed E-state index contributed by atoms with van der Waals surface area (Å²) in [5.74, 6) is -0.0360. The first kappa shape index (κ1) is 20.9. The van der Waals surface area contributed by atoms with Crippen molar-refractivity contribution in [1.29, 1.82) is 0 Å². The van der Waals surface area contributed by atoms with Crippen molar-refractivity contribution in [3.05, 3.63) is 86.9 Å². The van der Waals surface area contributed by atoms with Crippen LogP contribution < -0.4 is 14.8 Å². The van der Waals surface area contributed by atoms with E-state index in [1.807, 2.05) is 24.3 Å². The zero-order chi connectivity index (χ0) is 21.7. The number of nitrogens with zero attached hydrogens (tertiary/aromatic N) is 1. The number of nitro groups is 1. The first-order valence-corrected chi connectivity index (χ1v) is 9.10. The third-order valence-corrected chi connectivity index (χ3v) is 4.55. The van der Waals surface area contributed by atoms with Crippen LogP contribution in [0.4, 0.5) is 17.1 Å². The quantitative estimate of drug-likeness (QED) is 0.371. The Kier molecular flexibility index (Phi) is 6.38. The van der Waals surface area contributed by atoms with Gasteiger partial charge in [-0.3, -0.25) is 10.1 Å². The number of hydrogen-bond donors (Lipinski definition) is 2. The number of carboxylic acid groups (broad SMARTS) is 1. The number of ether oxygens (including phenoxy) is 2. The molecule has 0 amide bonds. The molecule has 3 aromatic carbocycles. The lowest BCUT2D eigenvalue weighted by atomic mass is 10.1. The lowest BCUT2D eigenvalue weighted by Gasteiger charge is -2.12. The van der Waals surface area contributed by atoms with Crippen LogP contribution in [0.25, 0.3) is 0 Å². The SMILES string of the molecule is COc1ccc(COc2ccc(Nc3c([N+](=O)[O-])ccc(Cl)c3C(=O)O)cc2)cc1. The summed E-state index contributed by atoms with van der Waals surface area (Å²) in [4.78, 5) is 22.2. The third-order valence-electron chi connectivity index (χ3n) is 4.23. The van der Waals surface area contributed by atoms with Gasteiger partial charge in [0.1, 0.15) is 29.4 Å². The molecule has 3 aromatic rings. The maximum atomic E-state index is 11.5. The topological polar surface area (TPSA) is 111 Å². The van der Waals surface area contributed by atoms with Crippen molar-refractivity contribution in [1.82, 2.24) is 0 Å². The lowest BCUT2D eigenvalue weighted by Crippen LogP contribution is -2.07. The van der Waals surface area contributed by atoms with E-state index in [0.29, 0.717) is 18.0 Å². The summed E-state index contributed by atoms with van der Waals surface area (Å²) in [7, 11) is 1.60. The van der Waals surface area contributed by atoms with E-state index in [4.69, 9.17) is 21.1 Å². The van der Waals surface area contributed by atoms with Crippen LogP contribution in [-0.4, -0.2) is 23.1 Å². The Hall–Kier alpha value is -3.78. The zero-order valence-corrected chi connectivity index (χ0v) is 16.6. The number of carboxylic acids is 1. The first-order chi connectivity index (χ1) is 14.4. The Bertz CT molecular complexity index is 1070. The largest absolute Gasteiger partial charge is 0.497 e. The number of aromatic carboxylic acids is 1. The predicted octanol–water partition coefficient (Wildman–Crippen LogP) is 5.28. The molecule has 2 N–H and O–H groups in total. The highest BCUT2D eigenvalue weighted by Crippen LogP contribution is 2.36. The number of benzene rings is 3. The molecule has 30 heavy (non-hydrogen) atoms. The van der Waals surface area contributed by atoms with Gasteiger partial charge in [-0.25, -0.2) is 4.79 Å². The molecule has 0 aliphatic heterocycles. The molecule has 0 fully saturated rings. The summed E-state index contributed by atoms with van der Waals surface area (Å²) in [5.41, 5.74) is 0.451. The Balaban J connectivity index is 1.76. The summed E-state index contributed by atoms with van der Waals surface area (Å²) >= 11 is 5.94. The van der Waals surface area contributed by atoms with Crippen molar-refractivity contribution in [2.75, 3.05) is 12.4 Å². The second kappa shape index (κ2) is 9.15. The summed E-state index contributed by atoms with van der Waals surface area (Å²) in [5, 5.41) is 23.4. The van der Waals surface area contributed by atoms with E-state index >= 15 is 0 Å². The van der Waals surface area contributed by atoms with Gasteiger partial charge in [-0.1, -0.05) is 23.7 Å². The average Bonchev–Trinajstić information content (AvgIpc) is 2.73. The minimum absolute atomic E-state index is 0.102. The fourth-order valence-electron chi connectivity index (χ4n) is 2.72. The summed E-state index contributed by atoms with van der Waals surface area (Å²) in [6.07, 6.45) is 0. The van der Waals surface area contributed by atoms with Crippen LogP contribution in [0.15, 0.2) is 60.7 Å². The highest BCUT2D eigenvalue weighted by atomic mass is 35.5. The van der Waals surface area contributed by atoms with Crippen molar-refractivity contribution < 1.29 is 24.3 Å². The van der Waals surface area contributed by atoms with Crippen LogP contribution in [0.5, 0.6) is 11.5 Å². The van der Waals surface area contributed by atoms with Crippen LogP contribution in [-0.2, 0) is 6.61 Å². The fourth-order valence-corrected chi connectivity index (χ4v) is 2.96. The Morgan fingerprint density at radius 2 is 1.70 bits per heavy atom. The zero-order valence-electron chi connectivity index (χ0n) is 15.8. The maximum Gasteiger partial charge on any atom is 0.339 e. The molecule has 9 heteroatoms. The number of carbonyl (C=O) groups is 1. The van der Waals surface area contributed by atoms with Crippen LogP contribution in [0.3, 0.4) is 0 Å². The van der Waals surface area contributed by atoms with Gasteiger partial charge in [-0.05, 0) is 48.0 Å². The van der Waals surface area contributed by atoms with E-state index < -0.39 is 16.6 Å². The van der Waals surface area contributed by atoms with Gasteiger partial charge >= 0.3 is 5.97 Å². The van der Waals surface area contributed by atoms with E-state index in [1.54, 1.807) is 31.4 Å². The number of anilines is 2. The van der Waals surface area contributed by atoms with Gasteiger partial charge in [0.05, 0.1) is 17.1 Å². The molecular formula is C21H17ClN2O6. The maximum absolute atomic E-state index is 11.5. The number of nitrogens with one attached hydrogen (secondary N) is 1. The van der Waals surface area contributed by atoms with Gasteiger partial charge in [-0.2, -0.15) is 0 Å². The minimum Gasteiger partial charge on any atom is -0.497 e. The minimum atomic E-state index is -1.37. The monoisotopic (exact) mass is 428 g/mol. The Labute approximate surface area is 176 Å². The van der Waals surface area contributed by atoms with Gasteiger partial charge < -0.3 is 19.9 Å². The summed E-state index contributed by atoms with van der Waals surface area (Å²) in [6.45, 7) is 0.347. The van der Waals surface area contributed by atoms with Crippen LogP contribution in [0, 0.1) is 10.1 Å². The summed E-state index contributed by atoms with van der Waals surface area (Å²) < 4.78 is 10.8. The highest BCUT2D eigenvalue weighted by molar-refractivity contribution is 6.34. The van der Waals surface area contributed by atoms with Crippen molar-refractivity contribution >= 4 is 34.6 Å². The predicted molar refractivity (Wildman–Crippen MR) is 112 cm³/mol. The van der Waals surface area contributed by atoms with Gasteiger partial charge in [0.2, 0.25) is 0 Å². The molecule has 8 nitrogen and oxygen atoms in total. The van der Waals surface area contributed by atoms with Crippen molar-refractivity contribution in [2.24, 2.45) is 0 Å². The summed E-state index contributed by atoms with van der Waals surface area (Å²) in [6, 6.07) is 16.4. The van der Waals surface area contributed by atoms with Gasteiger partial charge in [0.15, 0.2) is 0 Å². The molecule has 0 spiro atoms. The second-order valence-corrected chi connectivity index (χ2v) is 6.57. The number of nitro benzene ring substituents is 1. The number of hydrogen-bond acceptors (Lipinski definition) is 6. The third kappa shape index (κ3) is 4.79. The molecule has 0 saturated carbocycles. The highest BCUT2D eigenvalue weighted by Gasteiger charge is 2.25. The molecule has 0 heterocycles. The molecular weight excluding hydrogens is 412 g/mol. The molecule has 0 aliphatic rings. The fraction of sp³-hybridized carbons (Fsp3) is 0.0952. The normalized spacial score (nSPS) is 10.3. The molecule has 0 radical (unpaired) electrons. The number of halogens is 1. The van der Waals surface area contributed by atoms with E-state index in [1.165, 1.54) is 6.07 Å². The molecule has 0 atom stereocenters. The number of methoxy groups -OCH3 is 1. The first-order valence-electron chi connectivity index (χ1n) is 8.72. The van der Waals surface area contributed by atoms with E-state index in [0.717, 1.165) is 17.4 Å². The molecule has 0 aromatic heterocycles. The molecule has 0 unspecified atom stereocenters. The molecule has 0 saturated heterocycles. The van der Waals surface area contributed by atoms with Crippen LogP contribution in [0.1, 0.15) is 15.9 Å². The van der Waals surface area contributed by atoms with Gasteiger partial charge in [-0.15, -0.1) is 0 Å². The molecule has 0 bridgehead atoms. The van der Waals surface area contributed by atoms with Crippen LogP contribution in [0.2, 0.25) is 5.02 Å². The van der Waals surface area contributed by atoms with Crippen molar-refractivity contribution in [2.45, 2.75) is 6.61 Å². The van der Waals surface area contributed by atoms with Crippen molar-refractivity contribution in [3.63, 3.8) is 0 Å². The van der Waals surface area contributed by atoms with Crippen LogP contribution >= 0.6 is 11.6 Å².